The van der Waals surface area contributed by atoms with E-state index < -0.39 is 0 Å². The highest BCUT2D eigenvalue weighted by atomic mass is 16.5. The van der Waals surface area contributed by atoms with Gasteiger partial charge in [-0.25, -0.2) is 0 Å². The van der Waals surface area contributed by atoms with Gasteiger partial charge in [-0.15, -0.1) is 0 Å². The summed E-state index contributed by atoms with van der Waals surface area (Å²) < 4.78 is 5.96. The molecule has 0 bridgehead atoms. The number of hydrogen-bond donors (Lipinski definition) is 1. The number of hydrogen-bond acceptors (Lipinski definition) is 2. The quantitative estimate of drug-likeness (QED) is 0.663. The molecule has 0 aliphatic rings. The fraction of sp³-hybridized carbons (Fsp3) is 0.182. The van der Waals surface area contributed by atoms with Crippen LogP contribution < -0.4 is 0 Å². The van der Waals surface area contributed by atoms with Crippen LogP contribution in [0.2, 0.25) is 0 Å². The summed E-state index contributed by atoms with van der Waals surface area (Å²) in [6, 6.07) is 29.5. The molecule has 0 aliphatic heterocycles. The molecule has 3 aromatic carbocycles. The van der Waals surface area contributed by atoms with E-state index in [2.05, 4.69) is 55.5 Å². The Balaban J connectivity index is 0.000000249. The maximum Gasteiger partial charge on any atom is 0.115 e. The zero-order chi connectivity index (χ0) is 17.0. The van der Waals surface area contributed by atoms with Crippen molar-refractivity contribution in [2.24, 2.45) is 0 Å². The molecule has 2 heteroatoms. The molecule has 0 spiro atoms. The van der Waals surface area contributed by atoms with Crippen LogP contribution in [0.3, 0.4) is 0 Å². The fourth-order valence-electron chi connectivity index (χ4n) is 2.30. The van der Waals surface area contributed by atoms with E-state index in [1.165, 1.54) is 11.1 Å². The molecular formula is C22H24O2. The van der Waals surface area contributed by atoms with Gasteiger partial charge < -0.3 is 9.84 Å². The highest BCUT2D eigenvalue weighted by molar-refractivity contribution is 5.29. The molecule has 0 radical (unpaired) electrons. The van der Waals surface area contributed by atoms with Crippen LogP contribution in [0.4, 0.5) is 0 Å². The smallest absolute Gasteiger partial charge is 0.115 e. The predicted octanol–water partition coefficient (Wildman–Crippen LogP) is 5.59. The first-order valence-corrected chi connectivity index (χ1v) is 8.26. The second-order valence-corrected chi connectivity index (χ2v) is 5.41. The molecule has 0 unspecified atom stereocenters. The van der Waals surface area contributed by atoms with Crippen LogP contribution in [0.1, 0.15) is 30.6 Å². The first-order chi connectivity index (χ1) is 11.8. The van der Waals surface area contributed by atoms with Gasteiger partial charge in [0.05, 0.1) is 0 Å². The number of benzene rings is 3. The second-order valence-electron chi connectivity index (χ2n) is 5.41. The van der Waals surface area contributed by atoms with Gasteiger partial charge in [0.15, 0.2) is 0 Å². The Bertz CT molecular complexity index is 627. The van der Waals surface area contributed by atoms with Crippen LogP contribution in [0.5, 0.6) is 5.75 Å². The van der Waals surface area contributed by atoms with Gasteiger partial charge in [-0.3, -0.25) is 0 Å². The van der Waals surface area contributed by atoms with Gasteiger partial charge in [-0.2, -0.15) is 0 Å². The van der Waals surface area contributed by atoms with E-state index in [1.54, 1.807) is 24.3 Å². The molecular weight excluding hydrogens is 296 g/mol. The van der Waals surface area contributed by atoms with E-state index in [0.29, 0.717) is 5.75 Å². The lowest BCUT2D eigenvalue weighted by Crippen LogP contribution is -2.06. The van der Waals surface area contributed by atoms with E-state index in [4.69, 9.17) is 9.84 Å². The molecule has 0 aliphatic carbocycles. The Morgan fingerprint density at radius 1 is 0.708 bits per heavy atom. The number of para-hydroxylation sites is 1. The summed E-state index contributed by atoms with van der Waals surface area (Å²) in [7, 11) is 0. The van der Waals surface area contributed by atoms with Crippen molar-refractivity contribution in [3.8, 4) is 5.75 Å². The van der Waals surface area contributed by atoms with Crippen LogP contribution >= 0.6 is 0 Å². The molecule has 3 rings (SSSR count). The molecule has 24 heavy (non-hydrogen) atoms. The standard InChI is InChI=1S/C16H18O.C6H6O/c1-2-13-17-16(14-9-5-3-6-10-14)15-11-7-4-8-12-15;7-6-4-2-1-3-5-6/h3-12,16H,2,13H2,1H3;1-5,7H. The van der Waals surface area contributed by atoms with Gasteiger partial charge in [0.2, 0.25) is 0 Å². The van der Waals surface area contributed by atoms with Crippen LogP contribution in [0.25, 0.3) is 0 Å². The minimum absolute atomic E-state index is 0.0531. The molecule has 2 nitrogen and oxygen atoms in total. The molecule has 1 N–H and O–H groups in total. The van der Waals surface area contributed by atoms with E-state index >= 15 is 0 Å². The number of aromatic hydroxyl groups is 1. The van der Waals surface area contributed by atoms with E-state index in [1.807, 2.05) is 18.2 Å². The number of rotatable bonds is 5. The lowest BCUT2D eigenvalue weighted by atomic mass is 10.0. The zero-order valence-corrected chi connectivity index (χ0v) is 14.0. The Hall–Kier alpha value is -2.58. The molecule has 0 amide bonds. The summed E-state index contributed by atoms with van der Waals surface area (Å²) in [6.07, 6.45) is 1.09. The third-order valence-electron chi connectivity index (χ3n) is 3.45. The number of ether oxygens (including phenoxy) is 1. The van der Waals surface area contributed by atoms with Gasteiger partial charge >= 0.3 is 0 Å². The zero-order valence-electron chi connectivity index (χ0n) is 14.0. The summed E-state index contributed by atoms with van der Waals surface area (Å²) in [5.74, 6) is 0.322. The van der Waals surface area contributed by atoms with Crippen molar-refractivity contribution >= 4 is 0 Å². The molecule has 0 saturated heterocycles. The topological polar surface area (TPSA) is 29.5 Å². The van der Waals surface area contributed by atoms with Crippen molar-refractivity contribution in [3.05, 3.63) is 102 Å². The average Bonchev–Trinajstić information content (AvgIpc) is 2.65. The van der Waals surface area contributed by atoms with Gasteiger partial charge in [-0.05, 0) is 29.7 Å². The van der Waals surface area contributed by atoms with Crippen molar-refractivity contribution in [2.75, 3.05) is 6.61 Å². The lowest BCUT2D eigenvalue weighted by Gasteiger charge is -2.18. The third kappa shape index (κ3) is 5.90. The van der Waals surface area contributed by atoms with E-state index in [9.17, 15) is 0 Å². The Morgan fingerprint density at radius 3 is 1.46 bits per heavy atom. The highest BCUT2D eigenvalue weighted by Crippen LogP contribution is 2.25. The highest BCUT2D eigenvalue weighted by Gasteiger charge is 2.13. The van der Waals surface area contributed by atoms with Crippen molar-refractivity contribution in [1.29, 1.82) is 0 Å². The van der Waals surface area contributed by atoms with Crippen LogP contribution in [0, 0.1) is 0 Å². The first-order valence-electron chi connectivity index (χ1n) is 8.26. The summed E-state index contributed by atoms with van der Waals surface area (Å²) in [5, 5.41) is 8.63. The minimum atomic E-state index is 0.0531. The van der Waals surface area contributed by atoms with Gasteiger partial charge in [0.25, 0.3) is 0 Å². The second kappa shape index (κ2) is 10.2. The monoisotopic (exact) mass is 320 g/mol. The molecule has 0 saturated carbocycles. The molecule has 124 valence electrons. The molecule has 0 aromatic heterocycles. The van der Waals surface area contributed by atoms with Crippen molar-refractivity contribution in [3.63, 3.8) is 0 Å². The van der Waals surface area contributed by atoms with Crippen molar-refractivity contribution in [1.82, 2.24) is 0 Å². The van der Waals surface area contributed by atoms with E-state index in [-0.39, 0.29) is 6.10 Å². The molecule has 3 aromatic rings. The maximum absolute atomic E-state index is 8.63. The largest absolute Gasteiger partial charge is 0.508 e. The van der Waals surface area contributed by atoms with Crippen molar-refractivity contribution in [2.45, 2.75) is 19.4 Å². The first kappa shape index (κ1) is 17.8. The van der Waals surface area contributed by atoms with Crippen LogP contribution in [-0.4, -0.2) is 11.7 Å². The van der Waals surface area contributed by atoms with Gasteiger partial charge in [-0.1, -0.05) is 85.8 Å². The number of phenols is 1. The molecule has 0 atom stereocenters. The SMILES string of the molecule is CCCOC(c1ccccc1)c1ccccc1.Oc1ccccc1. The lowest BCUT2D eigenvalue weighted by molar-refractivity contribution is 0.0806. The normalized spacial score (nSPS) is 10.1. The molecule has 0 heterocycles. The summed E-state index contributed by atoms with van der Waals surface area (Å²) >= 11 is 0. The fourth-order valence-corrected chi connectivity index (χ4v) is 2.30. The number of phenolic OH excluding ortho intramolecular Hbond substituents is 1. The summed E-state index contributed by atoms with van der Waals surface area (Å²) in [6.45, 7) is 2.92. The molecule has 0 fully saturated rings. The summed E-state index contributed by atoms with van der Waals surface area (Å²) in [4.78, 5) is 0. The average molecular weight is 320 g/mol. The Labute approximate surface area is 144 Å². The summed E-state index contributed by atoms with van der Waals surface area (Å²) in [5.41, 5.74) is 2.43. The van der Waals surface area contributed by atoms with Gasteiger partial charge in [0.1, 0.15) is 11.9 Å². The predicted molar refractivity (Wildman–Crippen MR) is 99.1 cm³/mol. The Morgan fingerprint density at radius 2 is 1.12 bits per heavy atom. The van der Waals surface area contributed by atoms with Gasteiger partial charge in [0, 0.05) is 6.61 Å². The minimum Gasteiger partial charge on any atom is -0.508 e. The maximum atomic E-state index is 8.63. The van der Waals surface area contributed by atoms with E-state index in [0.717, 1.165) is 13.0 Å². The Kier molecular flexibility index (Phi) is 7.58. The van der Waals surface area contributed by atoms with Crippen LogP contribution in [0.15, 0.2) is 91.0 Å². The third-order valence-corrected chi connectivity index (χ3v) is 3.45. The van der Waals surface area contributed by atoms with Crippen molar-refractivity contribution < 1.29 is 9.84 Å². The van der Waals surface area contributed by atoms with Crippen LogP contribution in [-0.2, 0) is 4.74 Å².